The maximum absolute atomic E-state index is 12.4. The number of nitrogens with zero attached hydrogens (tertiary/aromatic N) is 1. The third kappa shape index (κ3) is 6.46. The zero-order chi connectivity index (χ0) is 15.7. The van der Waals surface area contributed by atoms with Gasteiger partial charge < -0.3 is 10.2 Å². The second-order valence-electron chi connectivity index (χ2n) is 5.33. The fourth-order valence-corrected chi connectivity index (χ4v) is 3.20. The molecular formula is C15H27N3O2S. The number of hydrogen-bond donors (Lipinski definition) is 2. The fraction of sp³-hybridized carbons (Fsp3) is 0.600. The zero-order valence-electron chi connectivity index (χ0n) is 13.2. The molecule has 0 fully saturated rings. The Bertz CT molecular complexity index is 515. The van der Waals surface area contributed by atoms with Gasteiger partial charge in [0.1, 0.15) is 4.90 Å². The molecule has 0 aromatic heterocycles. The Labute approximate surface area is 128 Å². The van der Waals surface area contributed by atoms with Gasteiger partial charge in [0.25, 0.3) is 0 Å². The molecule has 1 rings (SSSR count). The van der Waals surface area contributed by atoms with E-state index < -0.39 is 10.0 Å². The average Bonchev–Trinajstić information content (AvgIpc) is 2.44. The van der Waals surface area contributed by atoms with Gasteiger partial charge in [-0.05, 0) is 52.0 Å². The summed E-state index contributed by atoms with van der Waals surface area (Å²) in [7, 11) is 0.579. The smallest absolute Gasteiger partial charge is 0.242 e. The molecule has 0 amide bonds. The zero-order valence-corrected chi connectivity index (χ0v) is 14.0. The minimum atomic E-state index is -3.45. The number of benzene rings is 1. The first-order chi connectivity index (χ1) is 9.97. The molecule has 2 N–H and O–H groups in total. The summed E-state index contributed by atoms with van der Waals surface area (Å²) in [5, 5.41) is 3.16. The van der Waals surface area contributed by atoms with E-state index in [0.29, 0.717) is 17.1 Å². The lowest BCUT2D eigenvalue weighted by molar-refractivity contribution is 0.394. The van der Waals surface area contributed by atoms with Crippen LogP contribution in [0.5, 0.6) is 0 Å². The van der Waals surface area contributed by atoms with Crippen LogP contribution in [0.1, 0.15) is 26.2 Å². The van der Waals surface area contributed by atoms with Gasteiger partial charge >= 0.3 is 0 Å². The van der Waals surface area contributed by atoms with E-state index in [2.05, 4.69) is 14.9 Å². The van der Waals surface area contributed by atoms with Gasteiger partial charge in [-0.1, -0.05) is 19.1 Å². The van der Waals surface area contributed by atoms with Crippen LogP contribution in [-0.2, 0) is 10.0 Å². The van der Waals surface area contributed by atoms with Crippen LogP contribution in [0.3, 0.4) is 0 Å². The van der Waals surface area contributed by atoms with Crippen molar-refractivity contribution in [3.63, 3.8) is 0 Å². The number of anilines is 1. The maximum Gasteiger partial charge on any atom is 0.242 e. The molecule has 120 valence electrons. The van der Waals surface area contributed by atoms with E-state index in [1.54, 1.807) is 18.2 Å². The number of para-hydroxylation sites is 1. The average molecular weight is 313 g/mol. The highest BCUT2D eigenvalue weighted by atomic mass is 32.2. The van der Waals surface area contributed by atoms with E-state index in [9.17, 15) is 8.42 Å². The van der Waals surface area contributed by atoms with Crippen LogP contribution in [0.25, 0.3) is 0 Å². The van der Waals surface area contributed by atoms with Crippen LogP contribution in [0.4, 0.5) is 5.69 Å². The van der Waals surface area contributed by atoms with Gasteiger partial charge in [-0.3, -0.25) is 0 Å². The SMILES string of the molecule is CCCNc1ccccc1S(=O)(=O)NCCCCN(C)C. The van der Waals surface area contributed by atoms with Gasteiger partial charge in [-0.25, -0.2) is 13.1 Å². The lowest BCUT2D eigenvalue weighted by atomic mass is 10.3. The molecule has 0 saturated carbocycles. The van der Waals surface area contributed by atoms with Crippen LogP contribution < -0.4 is 10.0 Å². The summed E-state index contributed by atoms with van der Waals surface area (Å²) in [6.45, 7) is 4.25. The first kappa shape index (κ1) is 17.9. The number of hydrogen-bond acceptors (Lipinski definition) is 4. The second kappa shape index (κ2) is 9.02. The maximum atomic E-state index is 12.4. The van der Waals surface area contributed by atoms with Crippen molar-refractivity contribution in [3.05, 3.63) is 24.3 Å². The van der Waals surface area contributed by atoms with Crippen molar-refractivity contribution in [1.29, 1.82) is 0 Å². The second-order valence-corrected chi connectivity index (χ2v) is 7.07. The summed E-state index contributed by atoms with van der Waals surface area (Å²) in [6, 6.07) is 7.03. The van der Waals surface area contributed by atoms with E-state index in [-0.39, 0.29) is 0 Å². The number of nitrogens with one attached hydrogen (secondary N) is 2. The first-order valence-corrected chi connectivity index (χ1v) is 8.93. The molecule has 0 spiro atoms. The molecule has 5 nitrogen and oxygen atoms in total. The molecule has 6 heteroatoms. The lowest BCUT2D eigenvalue weighted by Gasteiger charge is -2.13. The highest BCUT2D eigenvalue weighted by Gasteiger charge is 2.17. The largest absolute Gasteiger partial charge is 0.384 e. The van der Waals surface area contributed by atoms with Crippen molar-refractivity contribution < 1.29 is 8.42 Å². The Balaban J connectivity index is 2.61. The third-order valence-electron chi connectivity index (χ3n) is 3.07. The van der Waals surface area contributed by atoms with E-state index in [1.165, 1.54) is 0 Å². The van der Waals surface area contributed by atoms with Crippen LogP contribution in [0.2, 0.25) is 0 Å². The van der Waals surface area contributed by atoms with Crippen LogP contribution >= 0.6 is 0 Å². The molecule has 0 heterocycles. The topological polar surface area (TPSA) is 61.4 Å². The summed E-state index contributed by atoms with van der Waals surface area (Å²) >= 11 is 0. The number of rotatable bonds is 10. The van der Waals surface area contributed by atoms with Gasteiger partial charge in [0.2, 0.25) is 10.0 Å². The van der Waals surface area contributed by atoms with Crippen molar-refractivity contribution in [1.82, 2.24) is 9.62 Å². The van der Waals surface area contributed by atoms with Crippen molar-refractivity contribution in [2.75, 3.05) is 39.0 Å². The Kier molecular flexibility index (Phi) is 7.71. The number of sulfonamides is 1. The third-order valence-corrected chi connectivity index (χ3v) is 4.59. The molecule has 21 heavy (non-hydrogen) atoms. The van der Waals surface area contributed by atoms with E-state index in [0.717, 1.165) is 32.4 Å². The highest BCUT2D eigenvalue weighted by Crippen LogP contribution is 2.20. The summed E-state index contributed by atoms with van der Waals surface area (Å²) in [4.78, 5) is 2.42. The van der Waals surface area contributed by atoms with Crippen LogP contribution in [0, 0.1) is 0 Å². The molecule has 0 radical (unpaired) electrons. The Morgan fingerprint density at radius 3 is 2.48 bits per heavy atom. The molecule has 0 aliphatic carbocycles. The Morgan fingerprint density at radius 2 is 1.81 bits per heavy atom. The summed E-state index contributed by atoms with van der Waals surface area (Å²) in [5.74, 6) is 0. The molecule has 0 unspecified atom stereocenters. The molecule has 0 atom stereocenters. The van der Waals surface area contributed by atoms with Gasteiger partial charge in [0.15, 0.2) is 0 Å². The predicted molar refractivity (Wildman–Crippen MR) is 88.2 cm³/mol. The molecule has 1 aromatic carbocycles. The van der Waals surface area contributed by atoms with E-state index >= 15 is 0 Å². The standard InChI is InChI=1S/C15H27N3O2S/c1-4-11-16-14-9-5-6-10-15(14)21(19,20)17-12-7-8-13-18(2)3/h5-6,9-10,16-17H,4,7-8,11-13H2,1-3H3. The summed E-state index contributed by atoms with van der Waals surface area (Å²) < 4.78 is 27.4. The quantitative estimate of drug-likeness (QED) is 0.650. The highest BCUT2D eigenvalue weighted by molar-refractivity contribution is 7.89. The fourth-order valence-electron chi connectivity index (χ4n) is 1.94. The van der Waals surface area contributed by atoms with Gasteiger partial charge in [0, 0.05) is 13.1 Å². The molecule has 0 aliphatic heterocycles. The van der Waals surface area contributed by atoms with Crippen molar-refractivity contribution >= 4 is 15.7 Å². The minimum Gasteiger partial charge on any atom is -0.384 e. The molecular weight excluding hydrogens is 286 g/mol. The number of unbranched alkanes of at least 4 members (excludes halogenated alkanes) is 1. The van der Waals surface area contributed by atoms with Gasteiger partial charge in [-0.15, -0.1) is 0 Å². The summed E-state index contributed by atoms with van der Waals surface area (Å²) in [6.07, 6.45) is 2.76. The van der Waals surface area contributed by atoms with Crippen LogP contribution in [-0.4, -0.2) is 47.0 Å². The normalized spacial score (nSPS) is 11.8. The predicted octanol–water partition coefficient (Wildman–Crippen LogP) is 2.13. The minimum absolute atomic E-state index is 0.325. The van der Waals surface area contributed by atoms with Crippen LogP contribution in [0.15, 0.2) is 29.2 Å². The van der Waals surface area contributed by atoms with Crippen molar-refractivity contribution in [2.24, 2.45) is 0 Å². The molecule has 0 saturated heterocycles. The monoisotopic (exact) mass is 313 g/mol. The lowest BCUT2D eigenvalue weighted by Crippen LogP contribution is -2.26. The van der Waals surface area contributed by atoms with E-state index in [1.807, 2.05) is 27.1 Å². The molecule has 1 aromatic rings. The first-order valence-electron chi connectivity index (χ1n) is 7.44. The summed E-state index contributed by atoms with van der Waals surface area (Å²) in [5.41, 5.74) is 0.667. The Morgan fingerprint density at radius 1 is 1.10 bits per heavy atom. The Hall–Kier alpha value is -1.11. The molecule has 0 aliphatic rings. The van der Waals surface area contributed by atoms with E-state index in [4.69, 9.17) is 0 Å². The van der Waals surface area contributed by atoms with Gasteiger partial charge in [-0.2, -0.15) is 0 Å². The van der Waals surface area contributed by atoms with Crippen molar-refractivity contribution in [2.45, 2.75) is 31.1 Å². The van der Waals surface area contributed by atoms with Crippen molar-refractivity contribution in [3.8, 4) is 0 Å². The molecule has 0 bridgehead atoms. The van der Waals surface area contributed by atoms with Gasteiger partial charge in [0.05, 0.1) is 5.69 Å².